The number of methoxy groups -OCH3 is 2. The van der Waals surface area contributed by atoms with Gasteiger partial charge in [0.25, 0.3) is 0 Å². The molecule has 1 aromatic carbocycles. The summed E-state index contributed by atoms with van der Waals surface area (Å²) in [6, 6.07) is 9.52. The third-order valence-electron chi connectivity index (χ3n) is 3.00. The Hall–Kier alpha value is -2.43. The molecule has 0 fully saturated rings. The summed E-state index contributed by atoms with van der Waals surface area (Å²) in [5.74, 6) is 2.39. The van der Waals surface area contributed by atoms with Crippen molar-refractivity contribution >= 4 is 17.2 Å². The molecular weight excluding hydrogens is 266 g/mol. The minimum Gasteiger partial charge on any atom is -0.497 e. The summed E-state index contributed by atoms with van der Waals surface area (Å²) in [5.41, 5.74) is 1.79. The highest BCUT2D eigenvalue weighted by atomic mass is 16.5. The van der Waals surface area contributed by atoms with E-state index < -0.39 is 0 Å². The smallest absolute Gasteiger partial charge is 0.142 e. The molecule has 0 saturated carbocycles. The molecule has 1 aromatic heterocycles. The molecule has 0 spiro atoms. The van der Waals surface area contributed by atoms with Crippen LogP contribution in [0.5, 0.6) is 11.5 Å². The van der Waals surface area contributed by atoms with E-state index in [-0.39, 0.29) is 0 Å². The molecule has 0 amide bonds. The van der Waals surface area contributed by atoms with Gasteiger partial charge in [0.1, 0.15) is 17.3 Å². The lowest BCUT2D eigenvalue weighted by atomic mass is 10.2. The second-order valence-corrected chi connectivity index (χ2v) is 4.55. The van der Waals surface area contributed by atoms with Crippen LogP contribution in [0.25, 0.3) is 0 Å². The maximum atomic E-state index is 5.36. The Balaban J connectivity index is 2.20. The first-order valence-corrected chi connectivity index (χ1v) is 6.95. The molecule has 0 radical (unpaired) electrons. The van der Waals surface area contributed by atoms with Crippen molar-refractivity contribution in [2.45, 2.75) is 13.3 Å². The van der Waals surface area contributed by atoms with Crippen molar-refractivity contribution in [1.29, 1.82) is 0 Å². The van der Waals surface area contributed by atoms with Crippen LogP contribution in [0.15, 0.2) is 36.5 Å². The number of ether oxygens (including phenoxy) is 2. The van der Waals surface area contributed by atoms with Gasteiger partial charge in [-0.3, -0.25) is 0 Å². The highest BCUT2D eigenvalue weighted by Gasteiger charge is 2.06. The minimum absolute atomic E-state index is 0.760. The molecule has 0 saturated heterocycles. The average molecular weight is 287 g/mol. The van der Waals surface area contributed by atoms with Gasteiger partial charge in [0, 0.05) is 30.6 Å². The second kappa shape index (κ2) is 7.38. The standard InChI is InChI=1S/C16H21N3O2/c1-4-8-17-16-10-12(7-9-18-16)19-14-11-13(20-2)5-6-15(14)21-3/h5-7,9-11H,4,8H2,1-3H3,(H2,17,18,19). The van der Waals surface area contributed by atoms with E-state index in [2.05, 4.69) is 22.5 Å². The largest absolute Gasteiger partial charge is 0.497 e. The summed E-state index contributed by atoms with van der Waals surface area (Å²) < 4.78 is 10.6. The van der Waals surface area contributed by atoms with Crippen molar-refractivity contribution in [3.05, 3.63) is 36.5 Å². The number of nitrogens with zero attached hydrogens (tertiary/aromatic N) is 1. The topological polar surface area (TPSA) is 55.4 Å². The molecule has 5 heteroatoms. The Labute approximate surface area is 125 Å². The van der Waals surface area contributed by atoms with Crippen LogP contribution in [0.1, 0.15) is 13.3 Å². The van der Waals surface area contributed by atoms with E-state index in [0.29, 0.717) is 0 Å². The second-order valence-electron chi connectivity index (χ2n) is 4.55. The summed E-state index contributed by atoms with van der Waals surface area (Å²) in [6.07, 6.45) is 2.83. The predicted octanol–water partition coefficient (Wildman–Crippen LogP) is 3.66. The molecule has 0 aliphatic rings. The number of pyridine rings is 1. The first-order chi connectivity index (χ1) is 10.3. The van der Waals surface area contributed by atoms with Gasteiger partial charge in [-0.25, -0.2) is 4.98 Å². The van der Waals surface area contributed by atoms with Crippen LogP contribution in [-0.2, 0) is 0 Å². The van der Waals surface area contributed by atoms with Crippen LogP contribution >= 0.6 is 0 Å². The molecule has 2 rings (SSSR count). The summed E-state index contributed by atoms with van der Waals surface area (Å²) in [4.78, 5) is 4.29. The van der Waals surface area contributed by atoms with Crippen LogP contribution in [0.2, 0.25) is 0 Å². The summed E-state index contributed by atoms with van der Waals surface area (Å²) >= 11 is 0. The molecule has 0 unspecified atom stereocenters. The van der Waals surface area contributed by atoms with Gasteiger partial charge >= 0.3 is 0 Å². The van der Waals surface area contributed by atoms with Crippen molar-refractivity contribution in [3.63, 3.8) is 0 Å². The zero-order valence-electron chi connectivity index (χ0n) is 12.6. The molecule has 0 aliphatic heterocycles. The Morgan fingerprint density at radius 2 is 1.95 bits per heavy atom. The van der Waals surface area contributed by atoms with Crippen LogP contribution in [-0.4, -0.2) is 25.7 Å². The third kappa shape index (κ3) is 4.02. The van der Waals surface area contributed by atoms with Gasteiger partial charge in [-0.1, -0.05) is 6.92 Å². The van der Waals surface area contributed by atoms with E-state index in [1.807, 2.05) is 30.3 Å². The van der Waals surface area contributed by atoms with Gasteiger partial charge < -0.3 is 20.1 Å². The molecule has 1 heterocycles. The summed E-state index contributed by atoms with van der Waals surface area (Å²) in [5, 5.41) is 6.59. The lowest BCUT2D eigenvalue weighted by molar-refractivity contribution is 0.405. The number of hydrogen-bond donors (Lipinski definition) is 2. The Kier molecular flexibility index (Phi) is 5.26. The van der Waals surface area contributed by atoms with Gasteiger partial charge in [-0.05, 0) is 24.6 Å². The number of hydrogen-bond acceptors (Lipinski definition) is 5. The molecule has 2 N–H and O–H groups in total. The van der Waals surface area contributed by atoms with Gasteiger partial charge in [0.2, 0.25) is 0 Å². The fourth-order valence-electron chi connectivity index (χ4n) is 1.93. The van der Waals surface area contributed by atoms with E-state index in [0.717, 1.165) is 41.7 Å². The monoisotopic (exact) mass is 287 g/mol. The molecule has 5 nitrogen and oxygen atoms in total. The lowest BCUT2D eigenvalue weighted by Gasteiger charge is -2.13. The Morgan fingerprint density at radius 1 is 1.10 bits per heavy atom. The highest BCUT2D eigenvalue weighted by Crippen LogP contribution is 2.31. The Morgan fingerprint density at radius 3 is 2.67 bits per heavy atom. The molecule has 21 heavy (non-hydrogen) atoms. The van der Waals surface area contributed by atoms with E-state index in [4.69, 9.17) is 9.47 Å². The van der Waals surface area contributed by atoms with E-state index in [1.165, 1.54) is 0 Å². The molecule has 0 atom stereocenters. The molecule has 0 bridgehead atoms. The quantitative estimate of drug-likeness (QED) is 0.814. The number of anilines is 3. The van der Waals surface area contributed by atoms with Crippen LogP contribution in [0.4, 0.5) is 17.2 Å². The maximum Gasteiger partial charge on any atom is 0.142 e. The van der Waals surface area contributed by atoms with Crippen molar-refractivity contribution in [2.24, 2.45) is 0 Å². The van der Waals surface area contributed by atoms with Gasteiger partial charge in [0.15, 0.2) is 0 Å². The van der Waals surface area contributed by atoms with E-state index in [1.54, 1.807) is 20.4 Å². The average Bonchev–Trinajstić information content (AvgIpc) is 2.53. The van der Waals surface area contributed by atoms with Crippen LogP contribution in [0.3, 0.4) is 0 Å². The van der Waals surface area contributed by atoms with E-state index >= 15 is 0 Å². The fraction of sp³-hybridized carbons (Fsp3) is 0.312. The van der Waals surface area contributed by atoms with Crippen molar-refractivity contribution in [1.82, 2.24) is 4.98 Å². The van der Waals surface area contributed by atoms with Crippen molar-refractivity contribution < 1.29 is 9.47 Å². The summed E-state index contributed by atoms with van der Waals surface area (Å²) in [6.45, 7) is 3.02. The fourth-order valence-corrected chi connectivity index (χ4v) is 1.93. The van der Waals surface area contributed by atoms with Crippen molar-refractivity contribution in [3.8, 4) is 11.5 Å². The van der Waals surface area contributed by atoms with Crippen LogP contribution < -0.4 is 20.1 Å². The summed E-state index contributed by atoms with van der Waals surface area (Å²) in [7, 11) is 3.29. The van der Waals surface area contributed by atoms with E-state index in [9.17, 15) is 0 Å². The number of nitrogens with one attached hydrogen (secondary N) is 2. The van der Waals surface area contributed by atoms with Crippen molar-refractivity contribution in [2.75, 3.05) is 31.4 Å². The lowest BCUT2D eigenvalue weighted by Crippen LogP contribution is -2.02. The Bertz CT molecular complexity index is 587. The molecule has 112 valence electrons. The van der Waals surface area contributed by atoms with Crippen LogP contribution in [0, 0.1) is 0 Å². The zero-order chi connectivity index (χ0) is 15.1. The number of rotatable bonds is 7. The number of benzene rings is 1. The zero-order valence-corrected chi connectivity index (χ0v) is 12.6. The highest BCUT2D eigenvalue weighted by molar-refractivity contribution is 5.69. The first-order valence-electron chi connectivity index (χ1n) is 6.95. The molecular formula is C16H21N3O2. The third-order valence-corrected chi connectivity index (χ3v) is 3.00. The predicted molar refractivity (Wildman–Crippen MR) is 85.8 cm³/mol. The minimum atomic E-state index is 0.760. The van der Waals surface area contributed by atoms with Gasteiger partial charge in [-0.15, -0.1) is 0 Å². The first kappa shape index (κ1) is 15.0. The van der Waals surface area contributed by atoms with Gasteiger partial charge in [0.05, 0.1) is 19.9 Å². The molecule has 0 aliphatic carbocycles. The van der Waals surface area contributed by atoms with Gasteiger partial charge in [-0.2, -0.15) is 0 Å². The normalized spacial score (nSPS) is 10.0. The molecule has 2 aromatic rings. The number of aromatic nitrogens is 1. The SMILES string of the molecule is CCCNc1cc(Nc2cc(OC)ccc2OC)ccn1. The maximum absolute atomic E-state index is 5.36.